The van der Waals surface area contributed by atoms with E-state index < -0.39 is 6.23 Å². The SMILES string of the molecule is CCCCC1=C(O)C=C(c2ccccc2C)N(c2ccccc2)C1O. The van der Waals surface area contributed by atoms with Crippen molar-refractivity contribution in [2.75, 3.05) is 4.90 Å². The molecule has 130 valence electrons. The minimum absolute atomic E-state index is 0.186. The normalized spacial score (nSPS) is 17.6. The molecule has 25 heavy (non-hydrogen) atoms. The highest BCUT2D eigenvalue weighted by atomic mass is 16.3. The van der Waals surface area contributed by atoms with Gasteiger partial charge in [-0.05, 0) is 37.5 Å². The van der Waals surface area contributed by atoms with E-state index >= 15 is 0 Å². The number of aliphatic hydroxyl groups is 2. The van der Waals surface area contributed by atoms with Gasteiger partial charge < -0.3 is 15.1 Å². The summed E-state index contributed by atoms with van der Waals surface area (Å²) in [5, 5.41) is 21.6. The molecule has 0 saturated heterocycles. The van der Waals surface area contributed by atoms with Crippen LogP contribution in [0.2, 0.25) is 0 Å². The Morgan fingerprint density at radius 1 is 1.00 bits per heavy atom. The summed E-state index contributed by atoms with van der Waals surface area (Å²) in [4.78, 5) is 1.91. The third-order valence-electron chi connectivity index (χ3n) is 4.67. The minimum Gasteiger partial charge on any atom is -0.508 e. The van der Waals surface area contributed by atoms with Gasteiger partial charge in [0.1, 0.15) is 5.76 Å². The smallest absolute Gasteiger partial charge is 0.157 e. The molecule has 0 radical (unpaired) electrons. The minimum atomic E-state index is -0.867. The van der Waals surface area contributed by atoms with Crippen LogP contribution in [0.25, 0.3) is 5.70 Å². The topological polar surface area (TPSA) is 43.7 Å². The van der Waals surface area contributed by atoms with Crippen molar-refractivity contribution in [1.29, 1.82) is 0 Å². The second-order valence-electron chi connectivity index (χ2n) is 6.44. The first-order valence-corrected chi connectivity index (χ1v) is 8.85. The Labute approximate surface area is 149 Å². The highest BCUT2D eigenvalue weighted by molar-refractivity contribution is 5.84. The standard InChI is InChI=1S/C22H25NO2/c1-3-4-13-19-21(24)15-20(18-14-9-8-10-16(18)2)23(22(19)25)17-11-6-5-7-12-17/h5-12,14-15,22,24-25H,3-4,13H2,1-2H3. The number of aryl methyl sites for hydroxylation is 1. The van der Waals surface area contributed by atoms with Gasteiger partial charge in [0.25, 0.3) is 0 Å². The number of anilines is 1. The quantitative estimate of drug-likeness (QED) is 0.791. The number of para-hydroxylation sites is 1. The van der Waals surface area contributed by atoms with E-state index in [-0.39, 0.29) is 5.76 Å². The summed E-state index contributed by atoms with van der Waals surface area (Å²) in [6.45, 7) is 4.15. The van der Waals surface area contributed by atoms with Gasteiger partial charge in [0.05, 0.1) is 5.70 Å². The van der Waals surface area contributed by atoms with Crippen LogP contribution in [-0.4, -0.2) is 16.4 Å². The maximum absolute atomic E-state index is 11.1. The lowest BCUT2D eigenvalue weighted by molar-refractivity contribution is 0.202. The van der Waals surface area contributed by atoms with Crippen molar-refractivity contribution >= 4 is 11.4 Å². The van der Waals surface area contributed by atoms with Gasteiger partial charge in [-0.3, -0.25) is 0 Å². The van der Waals surface area contributed by atoms with Crippen LogP contribution in [0.15, 0.2) is 72.0 Å². The average Bonchev–Trinajstić information content (AvgIpc) is 2.62. The lowest BCUT2D eigenvalue weighted by atomic mass is 9.95. The number of nitrogens with zero attached hydrogens (tertiary/aromatic N) is 1. The summed E-state index contributed by atoms with van der Waals surface area (Å²) < 4.78 is 0. The van der Waals surface area contributed by atoms with Gasteiger partial charge in [0.2, 0.25) is 0 Å². The van der Waals surface area contributed by atoms with Gasteiger partial charge in [-0.25, -0.2) is 0 Å². The second-order valence-corrected chi connectivity index (χ2v) is 6.44. The maximum Gasteiger partial charge on any atom is 0.157 e. The van der Waals surface area contributed by atoms with Crippen molar-refractivity contribution in [3.05, 3.63) is 83.1 Å². The van der Waals surface area contributed by atoms with Gasteiger partial charge in [-0.2, -0.15) is 0 Å². The van der Waals surface area contributed by atoms with Gasteiger partial charge in [-0.1, -0.05) is 55.8 Å². The fraction of sp³-hybridized carbons (Fsp3) is 0.273. The number of aliphatic hydroxyl groups excluding tert-OH is 2. The Kier molecular flexibility index (Phi) is 5.25. The predicted octanol–water partition coefficient (Wildman–Crippen LogP) is 5.18. The van der Waals surface area contributed by atoms with E-state index in [2.05, 4.69) is 6.92 Å². The Hall–Kier alpha value is -2.52. The van der Waals surface area contributed by atoms with E-state index in [9.17, 15) is 10.2 Å². The van der Waals surface area contributed by atoms with Gasteiger partial charge in [-0.15, -0.1) is 0 Å². The molecule has 3 nitrogen and oxygen atoms in total. The fourth-order valence-corrected chi connectivity index (χ4v) is 3.27. The summed E-state index contributed by atoms with van der Waals surface area (Å²) in [7, 11) is 0. The Morgan fingerprint density at radius 2 is 1.68 bits per heavy atom. The van der Waals surface area contributed by atoms with Crippen LogP contribution in [0.3, 0.4) is 0 Å². The molecule has 3 heteroatoms. The first-order valence-electron chi connectivity index (χ1n) is 8.85. The molecule has 0 spiro atoms. The Morgan fingerprint density at radius 3 is 2.36 bits per heavy atom. The molecule has 2 N–H and O–H groups in total. The third-order valence-corrected chi connectivity index (χ3v) is 4.67. The van der Waals surface area contributed by atoms with Crippen molar-refractivity contribution < 1.29 is 10.2 Å². The van der Waals surface area contributed by atoms with Crippen LogP contribution in [-0.2, 0) is 0 Å². The largest absolute Gasteiger partial charge is 0.508 e. The van der Waals surface area contributed by atoms with Crippen LogP contribution in [0, 0.1) is 6.92 Å². The second kappa shape index (κ2) is 7.58. The highest BCUT2D eigenvalue weighted by Gasteiger charge is 2.31. The van der Waals surface area contributed by atoms with E-state index in [1.165, 1.54) is 0 Å². The molecule has 0 fully saturated rings. The average molecular weight is 335 g/mol. The van der Waals surface area contributed by atoms with Crippen LogP contribution < -0.4 is 4.90 Å². The lowest BCUT2D eigenvalue weighted by Gasteiger charge is -2.37. The summed E-state index contributed by atoms with van der Waals surface area (Å²) in [5.41, 5.74) is 4.52. The van der Waals surface area contributed by atoms with Crippen molar-refractivity contribution in [3.8, 4) is 0 Å². The zero-order valence-corrected chi connectivity index (χ0v) is 14.8. The van der Waals surface area contributed by atoms with E-state index in [4.69, 9.17) is 0 Å². The van der Waals surface area contributed by atoms with Crippen molar-refractivity contribution in [2.45, 2.75) is 39.3 Å². The molecule has 2 aromatic rings. The number of hydrogen-bond acceptors (Lipinski definition) is 3. The zero-order valence-electron chi connectivity index (χ0n) is 14.8. The fourth-order valence-electron chi connectivity index (χ4n) is 3.27. The first kappa shape index (κ1) is 17.3. The molecule has 1 heterocycles. The van der Waals surface area contributed by atoms with E-state index in [1.54, 1.807) is 6.08 Å². The van der Waals surface area contributed by atoms with E-state index in [0.717, 1.165) is 35.4 Å². The van der Waals surface area contributed by atoms with Crippen LogP contribution >= 0.6 is 0 Å². The molecule has 0 saturated carbocycles. The zero-order chi connectivity index (χ0) is 17.8. The summed E-state index contributed by atoms with van der Waals surface area (Å²) >= 11 is 0. The molecule has 1 aliphatic rings. The molecular weight excluding hydrogens is 310 g/mol. The molecule has 0 aromatic heterocycles. The van der Waals surface area contributed by atoms with Gasteiger partial charge in [0.15, 0.2) is 6.23 Å². The van der Waals surface area contributed by atoms with Crippen LogP contribution in [0.1, 0.15) is 37.3 Å². The predicted molar refractivity (Wildman–Crippen MR) is 103 cm³/mol. The Balaban J connectivity index is 2.13. The number of allylic oxidation sites excluding steroid dienone is 1. The number of unbranched alkanes of at least 4 members (excludes halogenated alkanes) is 1. The molecule has 1 aliphatic heterocycles. The number of hydrogen-bond donors (Lipinski definition) is 2. The molecule has 2 aromatic carbocycles. The van der Waals surface area contributed by atoms with Gasteiger partial charge in [0, 0.05) is 22.9 Å². The first-order chi connectivity index (χ1) is 12.1. The summed E-state index contributed by atoms with van der Waals surface area (Å²) in [5.74, 6) is 0.186. The molecular formula is C22H25NO2. The molecule has 0 aliphatic carbocycles. The van der Waals surface area contributed by atoms with Crippen molar-refractivity contribution in [2.24, 2.45) is 0 Å². The van der Waals surface area contributed by atoms with E-state index in [1.807, 2.05) is 66.4 Å². The molecule has 0 bridgehead atoms. The lowest BCUT2D eigenvalue weighted by Crippen LogP contribution is -2.38. The van der Waals surface area contributed by atoms with Crippen molar-refractivity contribution in [1.82, 2.24) is 0 Å². The van der Waals surface area contributed by atoms with Gasteiger partial charge >= 0.3 is 0 Å². The highest BCUT2D eigenvalue weighted by Crippen LogP contribution is 2.37. The van der Waals surface area contributed by atoms with Crippen molar-refractivity contribution in [3.63, 3.8) is 0 Å². The van der Waals surface area contributed by atoms with Crippen LogP contribution in [0.5, 0.6) is 0 Å². The molecule has 0 amide bonds. The summed E-state index contributed by atoms with van der Waals surface area (Å²) in [6.07, 6.45) is 3.56. The molecule has 1 atom stereocenters. The summed E-state index contributed by atoms with van der Waals surface area (Å²) in [6, 6.07) is 17.9. The Bertz CT molecular complexity index is 793. The van der Waals surface area contributed by atoms with Crippen LogP contribution in [0.4, 0.5) is 5.69 Å². The molecule has 3 rings (SSSR count). The number of rotatable bonds is 5. The maximum atomic E-state index is 11.1. The number of benzene rings is 2. The monoisotopic (exact) mass is 335 g/mol. The van der Waals surface area contributed by atoms with E-state index in [0.29, 0.717) is 12.0 Å². The molecule has 1 unspecified atom stereocenters. The third kappa shape index (κ3) is 3.47.